The molecule has 0 saturated heterocycles. The summed E-state index contributed by atoms with van der Waals surface area (Å²) in [5.41, 5.74) is 19.1. The van der Waals surface area contributed by atoms with Gasteiger partial charge in [-0.05, 0) is 57.3 Å². The third kappa shape index (κ3) is 7.07. The monoisotopic (exact) mass is 671 g/mol. The molecule has 1 aliphatic heterocycles. The lowest BCUT2D eigenvalue weighted by molar-refractivity contribution is 0.719. The summed E-state index contributed by atoms with van der Waals surface area (Å²) in [5, 5.41) is 3.41. The molecule has 52 heavy (non-hydrogen) atoms. The predicted octanol–water partition coefficient (Wildman–Crippen LogP) is 10.4. The van der Waals surface area contributed by atoms with Gasteiger partial charge in [-0.2, -0.15) is 0 Å². The number of nitrogens with two attached hydrogens (primary N) is 1. The van der Waals surface area contributed by atoms with Gasteiger partial charge in [-0.3, -0.25) is 4.99 Å². The Morgan fingerprint density at radius 3 is 1.73 bits per heavy atom. The van der Waals surface area contributed by atoms with Crippen molar-refractivity contribution in [3.63, 3.8) is 0 Å². The molecule has 1 aromatic heterocycles. The lowest BCUT2D eigenvalue weighted by Gasteiger charge is -2.17. The molecule has 0 radical (unpaired) electrons. The maximum atomic E-state index is 6.25. The Hall–Kier alpha value is -6.85. The van der Waals surface area contributed by atoms with Crippen LogP contribution in [0.15, 0.2) is 193 Å². The van der Waals surface area contributed by atoms with E-state index in [2.05, 4.69) is 132 Å². The second-order valence-corrected chi connectivity index (χ2v) is 12.7. The average Bonchev–Trinajstić information content (AvgIpc) is 3.24. The molecule has 7 aromatic rings. The minimum absolute atomic E-state index is 0.0245. The van der Waals surface area contributed by atoms with Gasteiger partial charge < -0.3 is 11.1 Å². The summed E-state index contributed by atoms with van der Waals surface area (Å²) in [6.07, 6.45) is 8.10. The van der Waals surface area contributed by atoms with Crippen LogP contribution in [-0.2, 0) is 6.54 Å². The topological polar surface area (TPSA) is 76.2 Å². The van der Waals surface area contributed by atoms with Crippen molar-refractivity contribution in [1.82, 2.24) is 15.3 Å². The fourth-order valence-corrected chi connectivity index (χ4v) is 6.55. The van der Waals surface area contributed by atoms with Crippen LogP contribution in [0.25, 0.3) is 56.0 Å². The molecule has 5 nitrogen and oxygen atoms in total. The fraction of sp³-hybridized carbons (Fsp3) is 0.0426. The third-order valence-electron chi connectivity index (χ3n) is 9.29. The number of allylic oxidation sites excluding steroid dienone is 2. The zero-order valence-corrected chi connectivity index (χ0v) is 28.6. The van der Waals surface area contributed by atoms with Gasteiger partial charge >= 0.3 is 0 Å². The summed E-state index contributed by atoms with van der Waals surface area (Å²) < 4.78 is 0. The minimum atomic E-state index is -0.0245. The van der Waals surface area contributed by atoms with Crippen molar-refractivity contribution in [2.75, 3.05) is 0 Å². The number of amidine groups is 1. The Labute approximate surface area is 304 Å². The number of nitrogens with zero attached hydrogens (tertiary/aromatic N) is 3. The van der Waals surface area contributed by atoms with Gasteiger partial charge in [-0.25, -0.2) is 9.97 Å². The van der Waals surface area contributed by atoms with E-state index in [0.717, 1.165) is 44.8 Å². The standard InChI is InChI=1S/C47H37N5/c48-46(37-13-3-1-4-14-37)50-32-33-22-24-34(25-23-33)39-17-7-9-19-41(39)42-20-10-8-18-40(42)35-26-28-36(29-27-35)44-31-45(43-21-11-12-30-49-43)52-47(51-44)38-15-5-2-6-16-38/h1-31,43,49H,32H2,(H2,48,50). The van der Waals surface area contributed by atoms with Crippen molar-refractivity contribution in [1.29, 1.82) is 0 Å². The van der Waals surface area contributed by atoms with Crippen LogP contribution < -0.4 is 11.1 Å². The van der Waals surface area contributed by atoms with E-state index in [1.807, 2.05) is 66.9 Å². The zero-order valence-electron chi connectivity index (χ0n) is 28.6. The SMILES string of the molecule is NC(=NCc1ccc(-c2ccccc2-c2ccccc2-c2ccc(-c3cc(C4C=CC=CN4)nc(-c4ccccc4)n3)cc2)cc1)c1ccccc1. The van der Waals surface area contributed by atoms with Crippen molar-refractivity contribution in [2.45, 2.75) is 12.6 Å². The van der Waals surface area contributed by atoms with Crippen LogP contribution >= 0.6 is 0 Å². The van der Waals surface area contributed by atoms with Crippen molar-refractivity contribution < 1.29 is 0 Å². The lowest BCUT2D eigenvalue weighted by Crippen LogP contribution is -2.17. The molecule has 3 N–H and O–H groups in total. The smallest absolute Gasteiger partial charge is 0.160 e. The summed E-state index contributed by atoms with van der Waals surface area (Å²) in [6, 6.07) is 56.7. The van der Waals surface area contributed by atoms with Gasteiger partial charge in [-0.15, -0.1) is 0 Å². The van der Waals surface area contributed by atoms with Crippen LogP contribution in [0.2, 0.25) is 0 Å². The Morgan fingerprint density at radius 2 is 1.12 bits per heavy atom. The molecule has 250 valence electrons. The van der Waals surface area contributed by atoms with Gasteiger partial charge in [0.2, 0.25) is 0 Å². The minimum Gasteiger partial charge on any atom is -0.383 e. The molecule has 0 spiro atoms. The predicted molar refractivity (Wildman–Crippen MR) is 214 cm³/mol. The third-order valence-corrected chi connectivity index (χ3v) is 9.29. The average molecular weight is 672 g/mol. The molecule has 0 saturated carbocycles. The Bertz CT molecular complexity index is 2390. The second kappa shape index (κ2) is 15.0. The van der Waals surface area contributed by atoms with Gasteiger partial charge in [0, 0.05) is 16.7 Å². The first kappa shape index (κ1) is 32.4. The van der Waals surface area contributed by atoms with E-state index in [9.17, 15) is 0 Å². The van der Waals surface area contributed by atoms with Gasteiger partial charge in [0.05, 0.1) is 24.0 Å². The Kier molecular flexibility index (Phi) is 9.30. The van der Waals surface area contributed by atoms with E-state index in [-0.39, 0.29) is 6.04 Å². The molecule has 0 bridgehead atoms. The van der Waals surface area contributed by atoms with Crippen LogP contribution in [0.1, 0.15) is 22.9 Å². The molecule has 1 unspecified atom stereocenters. The number of hydrogen-bond donors (Lipinski definition) is 2. The normalized spacial score (nSPS) is 13.8. The molecular weight excluding hydrogens is 635 g/mol. The maximum Gasteiger partial charge on any atom is 0.160 e. The summed E-state index contributed by atoms with van der Waals surface area (Å²) in [7, 11) is 0. The van der Waals surface area contributed by atoms with Crippen molar-refractivity contribution in [3.05, 3.63) is 205 Å². The number of nitrogens with one attached hydrogen (secondary N) is 1. The van der Waals surface area contributed by atoms with E-state index in [4.69, 9.17) is 15.7 Å². The number of dihydropyridines is 1. The molecule has 1 aliphatic rings. The zero-order chi connectivity index (χ0) is 35.1. The Balaban J connectivity index is 1.09. The number of benzene rings is 6. The summed E-state index contributed by atoms with van der Waals surface area (Å²) in [4.78, 5) is 14.6. The molecule has 1 atom stereocenters. The first-order chi connectivity index (χ1) is 25.7. The van der Waals surface area contributed by atoms with E-state index in [1.54, 1.807) is 0 Å². The fourth-order valence-electron chi connectivity index (χ4n) is 6.55. The second-order valence-electron chi connectivity index (χ2n) is 12.7. The van der Waals surface area contributed by atoms with Gasteiger partial charge in [-0.1, -0.05) is 170 Å². The van der Waals surface area contributed by atoms with E-state index < -0.39 is 0 Å². The van der Waals surface area contributed by atoms with E-state index in [0.29, 0.717) is 18.2 Å². The van der Waals surface area contributed by atoms with Crippen molar-refractivity contribution in [2.24, 2.45) is 10.7 Å². The highest BCUT2D eigenvalue weighted by Gasteiger charge is 2.16. The number of rotatable bonds is 9. The van der Waals surface area contributed by atoms with Crippen LogP contribution in [0, 0.1) is 0 Å². The first-order valence-corrected chi connectivity index (χ1v) is 17.5. The van der Waals surface area contributed by atoms with Crippen molar-refractivity contribution >= 4 is 5.84 Å². The number of aromatic nitrogens is 2. The van der Waals surface area contributed by atoms with Gasteiger partial charge in [0.15, 0.2) is 5.82 Å². The number of hydrogen-bond acceptors (Lipinski definition) is 4. The highest BCUT2D eigenvalue weighted by atomic mass is 15.0. The molecular formula is C47H37N5. The quantitative estimate of drug-likeness (QED) is 0.118. The summed E-state index contributed by atoms with van der Waals surface area (Å²) in [5.74, 6) is 1.26. The highest BCUT2D eigenvalue weighted by molar-refractivity contribution is 5.97. The van der Waals surface area contributed by atoms with Crippen LogP contribution in [0.4, 0.5) is 0 Å². The van der Waals surface area contributed by atoms with Crippen LogP contribution in [0.5, 0.6) is 0 Å². The number of aliphatic imine (C=N–C) groups is 1. The molecule has 5 heteroatoms. The highest BCUT2D eigenvalue weighted by Crippen LogP contribution is 2.39. The van der Waals surface area contributed by atoms with E-state index >= 15 is 0 Å². The Morgan fingerprint density at radius 1 is 0.558 bits per heavy atom. The van der Waals surface area contributed by atoms with Crippen molar-refractivity contribution in [3.8, 4) is 56.0 Å². The molecule has 0 amide bonds. The van der Waals surface area contributed by atoms with Crippen LogP contribution in [0.3, 0.4) is 0 Å². The molecule has 6 aromatic carbocycles. The molecule has 0 fully saturated rings. The first-order valence-electron chi connectivity index (χ1n) is 17.5. The lowest BCUT2D eigenvalue weighted by atomic mass is 9.89. The van der Waals surface area contributed by atoms with E-state index in [1.165, 1.54) is 22.3 Å². The molecule has 2 heterocycles. The molecule has 0 aliphatic carbocycles. The molecule has 8 rings (SSSR count). The summed E-state index contributed by atoms with van der Waals surface area (Å²) >= 11 is 0. The van der Waals surface area contributed by atoms with Gasteiger partial charge in [0.1, 0.15) is 5.84 Å². The summed E-state index contributed by atoms with van der Waals surface area (Å²) in [6.45, 7) is 0.525. The maximum absolute atomic E-state index is 6.25. The van der Waals surface area contributed by atoms with Crippen LogP contribution in [-0.4, -0.2) is 15.8 Å². The van der Waals surface area contributed by atoms with Gasteiger partial charge in [0.25, 0.3) is 0 Å². The largest absolute Gasteiger partial charge is 0.383 e.